The average molecular weight is 130 g/mol. The van der Waals surface area contributed by atoms with E-state index in [0.717, 1.165) is 0 Å². The smallest absolute Gasteiger partial charge is 0.165 e. The van der Waals surface area contributed by atoms with Crippen LogP contribution in [0, 0.1) is 0 Å². The Kier molecular flexibility index (Phi) is 2.81. The van der Waals surface area contributed by atoms with Crippen LogP contribution in [-0.2, 0) is 4.79 Å². The Morgan fingerprint density at radius 3 is 2.22 bits per heavy atom. The molecule has 0 heterocycles. The van der Waals surface area contributed by atoms with Gasteiger partial charge in [0.2, 0.25) is 0 Å². The van der Waals surface area contributed by atoms with Crippen LogP contribution < -0.4 is 11.1 Å². The zero-order valence-corrected chi connectivity index (χ0v) is 6.19. The second-order valence-corrected chi connectivity index (χ2v) is 2.68. The minimum absolute atomic E-state index is 0.0324. The van der Waals surface area contributed by atoms with E-state index in [1.54, 1.807) is 20.9 Å². The van der Waals surface area contributed by atoms with E-state index in [4.69, 9.17) is 5.73 Å². The van der Waals surface area contributed by atoms with Gasteiger partial charge in [-0.3, -0.25) is 4.79 Å². The summed E-state index contributed by atoms with van der Waals surface area (Å²) in [7, 11) is 1.73. The van der Waals surface area contributed by atoms with Gasteiger partial charge in [0, 0.05) is 0 Å². The SMILES string of the molecule is CNCC(=O)C(C)(C)N. The number of carbonyl (C=O) groups excluding carboxylic acids is 1. The monoisotopic (exact) mass is 130 g/mol. The molecule has 0 spiro atoms. The molecular formula is C6H14N2O. The van der Waals surface area contributed by atoms with Crippen LogP contribution in [0.4, 0.5) is 0 Å². The molecule has 0 radical (unpaired) electrons. The van der Waals surface area contributed by atoms with Gasteiger partial charge in [0.05, 0.1) is 12.1 Å². The van der Waals surface area contributed by atoms with E-state index in [1.807, 2.05) is 0 Å². The van der Waals surface area contributed by atoms with Crippen molar-refractivity contribution in [3.8, 4) is 0 Å². The summed E-state index contributed by atoms with van der Waals surface area (Å²) in [6.45, 7) is 3.75. The van der Waals surface area contributed by atoms with Gasteiger partial charge in [-0.2, -0.15) is 0 Å². The van der Waals surface area contributed by atoms with Gasteiger partial charge in [-0.25, -0.2) is 0 Å². The third-order valence-electron chi connectivity index (χ3n) is 1.06. The van der Waals surface area contributed by atoms with Gasteiger partial charge in [0.1, 0.15) is 0 Å². The number of rotatable bonds is 3. The highest BCUT2D eigenvalue weighted by molar-refractivity contribution is 5.88. The van der Waals surface area contributed by atoms with Gasteiger partial charge in [0.15, 0.2) is 5.78 Å². The fourth-order valence-corrected chi connectivity index (χ4v) is 0.388. The molecule has 3 nitrogen and oxygen atoms in total. The van der Waals surface area contributed by atoms with E-state index in [-0.39, 0.29) is 5.78 Å². The van der Waals surface area contributed by atoms with E-state index in [0.29, 0.717) is 6.54 Å². The number of nitrogens with one attached hydrogen (secondary N) is 1. The molecule has 0 aromatic carbocycles. The molecule has 0 fully saturated rings. The van der Waals surface area contributed by atoms with Crippen LogP contribution in [0.3, 0.4) is 0 Å². The Balaban J connectivity index is 3.74. The second-order valence-electron chi connectivity index (χ2n) is 2.68. The van der Waals surface area contributed by atoms with Crippen molar-refractivity contribution in [3.63, 3.8) is 0 Å². The van der Waals surface area contributed by atoms with Gasteiger partial charge >= 0.3 is 0 Å². The molecule has 9 heavy (non-hydrogen) atoms. The number of ketones is 1. The molecule has 0 aliphatic rings. The van der Waals surface area contributed by atoms with Crippen molar-refractivity contribution >= 4 is 5.78 Å². The Labute approximate surface area is 55.6 Å². The Hall–Kier alpha value is -0.410. The van der Waals surface area contributed by atoms with Crippen LogP contribution in [0.25, 0.3) is 0 Å². The van der Waals surface area contributed by atoms with Crippen LogP contribution in [0.5, 0.6) is 0 Å². The fraction of sp³-hybridized carbons (Fsp3) is 0.833. The molecule has 0 aromatic heterocycles. The molecule has 54 valence electrons. The molecule has 0 amide bonds. The van der Waals surface area contributed by atoms with Crippen LogP contribution in [0.15, 0.2) is 0 Å². The van der Waals surface area contributed by atoms with Crippen molar-refractivity contribution < 1.29 is 4.79 Å². The minimum atomic E-state index is -0.691. The van der Waals surface area contributed by atoms with Crippen LogP contribution in [-0.4, -0.2) is 24.9 Å². The molecule has 0 unspecified atom stereocenters. The number of hydrogen-bond donors (Lipinski definition) is 2. The first kappa shape index (κ1) is 8.59. The highest BCUT2D eigenvalue weighted by atomic mass is 16.1. The lowest BCUT2D eigenvalue weighted by atomic mass is 10.0. The second kappa shape index (κ2) is 2.94. The summed E-state index contributed by atoms with van der Waals surface area (Å²) in [4.78, 5) is 10.9. The van der Waals surface area contributed by atoms with Crippen LogP contribution in [0.2, 0.25) is 0 Å². The zero-order chi connectivity index (χ0) is 7.49. The van der Waals surface area contributed by atoms with Crippen LogP contribution >= 0.6 is 0 Å². The largest absolute Gasteiger partial charge is 0.319 e. The molecule has 0 aliphatic heterocycles. The minimum Gasteiger partial charge on any atom is -0.319 e. The lowest BCUT2D eigenvalue weighted by molar-refractivity contribution is -0.122. The molecule has 0 aromatic rings. The summed E-state index contributed by atoms with van der Waals surface area (Å²) >= 11 is 0. The predicted molar refractivity (Wildman–Crippen MR) is 37.2 cm³/mol. The summed E-state index contributed by atoms with van der Waals surface area (Å²) in [6, 6.07) is 0. The van der Waals surface area contributed by atoms with Gasteiger partial charge < -0.3 is 11.1 Å². The number of nitrogens with two attached hydrogens (primary N) is 1. The van der Waals surface area contributed by atoms with E-state index in [1.165, 1.54) is 0 Å². The van der Waals surface area contributed by atoms with Crippen molar-refractivity contribution in [1.29, 1.82) is 0 Å². The van der Waals surface area contributed by atoms with Crippen molar-refractivity contribution in [3.05, 3.63) is 0 Å². The molecule has 0 saturated carbocycles. The number of Topliss-reactive ketones (excluding diaryl/α,β-unsaturated/α-hetero) is 1. The van der Waals surface area contributed by atoms with E-state index in [2.05, 4.69) is 5.32 Å². The summed E-state index contributed by atoms with van der Waals surface area (Å²) in [6.07, 6.45) is 0. The topological polar surface area (TPSA) is 55.1 Å². The predicted octanol–water partition coefficient (Wildman–Crippen LogP) is -0.488. The van der Waals surface area contributed by atoms with Gasteiger partial charge in [-0.1, -0.05) is 0 Å². The van der Waals surface area contributed by atoms with Crippen molar-refractivity contribution in [1.82, 2.24) is 5.32 Å². The molecule has 3 heteroatoms. The molecule has 3 N–H and O–H groups in total. The zero-order valence-electron chi connectivity index (χ0n) is 6.19. The first-order valence-electron chi connectivity index (χ1n) is 2.95. The molecule has 0 saturated heterocycles. The highest BCUT2D eigenvalue weighted by Gasteiger charge is 2.19. The standard InChI is InChI=1S/C6H14N2O/c1-6(2,7)5(9)4-8-3/h8H,4,7H2,1-3H3. The first-order valence-corrected chi connectivity index (χ1v) is 2.95. The van der Waals surface area contributed by atoms with E-state index < -0.39 is 5.54 Å². The highest BCUT2D eigenvalue weighted by Crippen LogP contribution is 1.95. The molecule has 0 atom stereocenters. The Morgan fingerprint density at radius 2 is 2.11 bits per heavy atom. The molecule has 0 aliphatic carbocycles. The normalized spacial score (nSPS) is 11.6. The quantitative estimate of drug-likeness (QED) is 0.542. The van der Waals surface area contributed by atoms with Crippen LogP contribution in [0.1, 0.15) is 13.8 Å². The van der Waals surface area contributed by atoms with Crippen molar-refractivity contribution in [2.75, 3.05) is 13.6 Å². The van der Waals surface area contributed by atoms with Gasteiger partial charge in [-0.15, -0.1) is 0 Å². The summed E-state index contributed by atoms with van der Waals surface area (Å²) in [5, 5.41) is 2.74. The van der Waals surface area contributed by atoms with E-state index in [9.17, 15) is 4.79 Å². The lowest BCUT2D eigenvalue weighted by Gasteiger charge is -2.15. The molecule has 0 bridgehead atoms. The summed E-state index contributed by atoms with van der Waals surface area (Å²) < 4.78 is 0. The number of hydrogen-bond acceptors (Lipinski definition) is 3. The molecular weight excluding hydrogens is 116 g/mol. The van der Waals surface area contributed by atoms with Crippen molar-refractivity contribution in [2.45, 2.75) is 19.4 Å². The van der Waals surface area contributed by atoms with Crippen molar-refractivity contribution in [2.24, 2.45) is 5.73 Å². The summed E-state index contributed by atoms with van der Waals surface area (Å²) in [5.74, 6) is 0.0324. The number of carbonyl (C=O) groups is 1. The fourth-order valence-electron chi connectivity index (χ4n) is 0.388. The third kappa shape index (κ3) is 3.21. The Morgan fingerprint density at radius 1 is 1.67 bits per heavy atom. The lowest BCUT2D eigenvalue weighted by Crippen LogP contribution is -2.45. The maximum Gasteiger partial charge on any atom is 0.165 e. The number of likely N-dealkylation sites (N-methyl/N-ethyl adjacent to an activating group) is 1. The molecule has 0 rings (SSSR count). The Bertz CT molecular complexity index is 104. The third-order valence-corrected chi connectivity index (χ3v) is 1.06. The van der Waals surface area contributed by atoms with Gasteiger partial charge in [0.25, 0.3) is 0 Å². The summed E-state index contributed by atoms with van der Waals surface area (Å²) in [5.41, 5.74) is 4.78. The van der Waals surface area contributed by atoms with E-state index >= 15 is 0 Å². The first-order chi connectivity index (χ1) is 3.98. The van der Waals surface area contributed by atoms with Gasteiger partial charge in [-0.05, 0) is 20.9 Å². The maximum absolute atomic E-state index is 10.9. The maximum atomic E-state index is 10.9. The average Bonchev–Trinajstić information content (AvgIpc) is 1.64.